The average Bonchev–Trinajstić information content (AvgIpc) is 2.62. The van der Waals surface area contributed by atoms with Gasteiger partial charge in [0.05, 0.1) is 12.5 Å². The third-order valence-corrected chi connectivity index (χ3v) is 4.34. The fourth-order valence-electron chi connectivity index (χ4n) is 2.30. The fourth-order valence-corrected chi connectivity index (χ4v) is 2.55. The van der Waals surface area contributed by atoms with Gasteiger partial charge in [-0.15, -0.1) is 0 Å². The number of nitrogens with one attached hydrogen (secondary N) is 3. The van der Waals surface area contributed by atoms with Gasteiger partial charge in [-0.25, -0.2) is 4.79 Å². The second-order valence-corrected chi connectivity index (χ2v) is 7.56. The normalized spacial score (nSPS) is 16.0. The molecule has 0 heterocycles. The van der Waals surface area contributed by atoms with Gasteiger partial charge in [0.15, 0.2) is 0 Å². The smallest absolute Gasteiger partial charge is 0.327 e. The zero-order valence-electron chi connectivity index (χ0n) is 17.0. The van der Waals surface area contributed by atoms with Crippen LogP contribution in [0.5, 0.6) is 0 Å². The predicted molar refractivity (Wildman–Crippen MR) is 109 cm³/mol. The number of rotatable bonds is 13. The Bertz CT molecular complexity index is 643. The number of aliphatic carboxylic acids is 2. The first-order valence-corrected chi connectivity index (χ1v) is 9.83. The van der Waals surface area contributed by atoms with Crippen LogP contribution in [0.15, 0.2) is 0 Å². The van der Waals surface area contributed by atoms with Crippen molar-refractivity contribution in [2.75, 3.05) is 5.75 Å². The molecule has 0 aromatic carbocycles. The summed E-state index contributed by atoms with van der Waals surface area (Å²) in [6.07, 6.45) is -1.85. The summed E-state index contributed by atoms with van der Waals surface area (Å²) in [6.45, 7) is 4.84. The highest BCUT2D eigenvalue weighted by atomic mass is 32.1. The molecule has 0 aliphatic rings. The van der Waals surface area contributed by atoms with Gasteiger partial charge in [-0.05, 0) is 19.3 Å². The van der Waals surface area contributed by atoms with Gasteiger partial charge in [0.25, 0.3) is 0 Å². The second-order valence-electron chi connectivity index (χ2n) is 7.20. The van der Waals surface area contributed by atoms with E-state index in [1.807, 2.05) is 0 Å². The van der Waals surface area contributed by atoms with E-state index in [9.17, 15) is 29.1 Å². The van der Waals surface area contributed by atoms with Crippen molar-refractivity contribution in [3.8, 4) is 0 Å². The van der Waals surface area contributed by atoms with Gasteiger partial charge in [0, 0.05) is 5.75 Å². The maximum absolute atomic E-state index is 12.7. The molecule has 0 spiro atoms. The lowest BCUT2D eigenvalue weighted by molar-refractivity contribution is -0.143. The molecule has 0 aromatic heterocycles. The Balaban J connectivity index is 5.45. The Morgan fingerprint density at radius 1 is 0.867 bits per heavy atom. The number of aliphatic hydroxyl groups is 1. The quantitative estimate of drug-likeness (QED) is 0.141. The molecule has 172 valence electrons. The molecular weight excluding hydrogens is 420 g/mol. The topological polar surface area (TPSA) is 208 Å². The highest BCUT2D eigenvalue weighted by molar-refractivity contribution is 7.80. The number of aliphatic hydroxyl groups excluding tert-OH is 1. The molecule has 0 aliphatic carbocycles. The number of carbonyl (C=O) groups excluding carboxylic acids is 3. The van der Waals surface area contributed by atoms with Crippen molar-refractivity contribution in [2.45, 2.75) is 63.9 Å². The third-order valence-electron chi connectivity index (χ3n) is 3.97. The maximum atomic E-state index is 12.7. The summed E-state index contributed by atoms with van der Waals surface area (Å²) < 4.78 is 0. The predicted octanol–water partition coefficient (Wildman–Crippen LogP) is -2.32. The molecule has 3 amide bonds. The van der Waals surface area contributed by atoms with E-state index in [-0.39, 0.29) is 18.1 Å². The van der Waals surface area contributed by atoms with Crippen LogP contribution in [0.3, 0.4) is 0 Å². The van der Waals surface area contributed by atoms with E-state index in [2.05, 4.69) is 28.6 Å². The number of carbonyl (C=O) groups is 5. The second kappa shape index (κ2) is 13.0. The standard InChI is InChI=1S/C17H30N4O8S/c1-7(2)4-9(20-16(27)13(18)8(3)22)14(25)19-10(5-12(23)24)15(26)21-11(6-30)17(28)29/h7-11,13,22,30H,4-6,18H2,1-3H3,(H,19,25)(H,20,27)(H,21,26)(H,23,24)(H,28,29). The molecule has 0 aromatic rings. The molecule has 13 heteroatoms. The van der Waals surface area contributed by atoms with Crippen LogP contribution in [0.2, 0.25) is 0 Å². The Morgan fingerprint density at radius 3 is 1.73 bits per heavy atom. The summed E-state index contributed by atoms with van der Waals surface area (Å²) >= 11 is 3.80. The number of carboxylic acid groups (broad SMARTS) is 2. The van der Waals surface area contributed by atoms with E-state index in [1.165, 1.54) is 6.92 Å². The zero-order valence-corrected chi connectivity index (χ0v) is 17.9. The number of hydrogen-bond acceptors (Lipinski definition) is 8. The van der Waals surface area contributed by atoms with Crippen LogP contribution in [-0.2, 0) is 24.0 Å². The number of thiol groups is 1. The van der Waals surface area contributed by atoms with Crippen molar-refractivity contribution in [3.63, 3.8) is 0 Å². The van der Waals surface area contributed by atoms with Gasteiger partial charge in [-0.3, -0.25) is 19.2 Å². The van der Waals surface area contributed by atoms with Crippen LogP contribution in [0, 0.1) is 5.92 Å². The third kappa shape index (κ3) is 9.89. The van der Waals surface area contributed by atoms with Crippen LogP contribution >= 0.6 is 12.6 Å². The van der Waals surface area contributed by atoms with E-state index in [4.69, 9.17) is 15.9 Å². The summed E-state index contributed by atoms with van der Waals surface area (Å²) in [5.74, 6) is -5.79. The molecule has 0 aliphatic heterocycles. The Labute approximate surface area is 179 Å². The molecule has 12 nitrogen and oxygen atoms in total. The van der Waals surface area contributed by atoms with Crippen LogP contribution < -0.4 is 21.7 Å². The monoisotopic (exact) mass is 450 g/mol. The van der Waals surface area contributed by atoms with Crippen molar-refractivity contribution in [1.29, 1.82) is 0 Å². The highest BCUT2D eigenvalue weighted by Crippen LogP contribution is 2.07. The van der Waals surface area contributed by atoms with Gasteiger partial charge in [0.2, 0.25) is 17.7 Å². The average molecular weight is 451 g/mol. The lowest BCUT2D eigenvalue weighted by atomic mass is 10.0. The maximum Gasteiger partial charge on any atom is 0.327 e. The van der Waals surface area contributed by atoms with Gasteiger partial charge in [0.1, 0.15) is 24.2 Å². The van der Waals surface area contributed by atoms with Gasteiger partial charge >= 0.3 is 11.9 Å². The van der Waals surface area contributed by atoms with Crippen LogP contribution in [0.1, 0.15) is 33.6 Å². The van der Waals surface area contributed by atoms with Gasteiger partial charge in [-0.1, -0.05) is 13.8 Å². The van der Waals surface area contributed by atoms with Gasteiger partial charge in [-0.2, -0.15) is 12.6 Å². The van der Waals surface area contributed by atoms with E-state index in [1.54, 1.807) is 13.8 Å². The first kappa shape index (κ1) is 27.6. The van der Waals surface area contributed by atoms with E-state index < -0.39 is 66.4 Å². The Kier molecular flexibility index (Phi) is 12.0. The molecule has 0 fully saturated rings. The summed E-state index contributed by atoms with van der Waals surface area (Å²) in [5, 5.41) is 34.2. The molecule has 5 unspecified atom stereocenters. The number of hydrogen-bond donors (Lipinski definition) is 8. The first-order chi connectivity index (χ1) is 13.8. The molecule has 0 saturated carbocycles. The minimum absolute atomic E-state index is 0.0730. The SMILES string of the molecule is CC(C)CC(NC(=O)C(N)C(C)O)C(=O)NC(CC(=O)O)C(=O)NC(CS)C(=O)O. The Morgan fingerprint density at radius 2 is 1.33 bits per heavy atom. The fraction of sp³-hybridized carbons (Fsp3) is 0.706. The first-order valence-electron chi connectivity index (χ1n) is 9.20. The summed E-state index contributed by atoms with van der Waals surface area (Å²) in [6, 6.07) is -5.43. The van der Waals surface area contributed by atoms with Crippen molar-refractivity contribution in [1.82, 2.24) is 16.0 Å². The van der Waals surface area contributed by atoms with E-state index in [0.717, 1.165) is 0 Å². The van der Waals surface area contributed by atoms with Crippen molar-refractivity contribution in [2.24, 2.45) is 11.7 Å². The number of nitrogens with two attached hydrogens (primary N) is 1. The highest BCUT2D eigenvalue weighted by Gasteiger charge is 2.32. The van der Waals surface area contributed by atoms with E-state index >= 15 is 0 Å². The van der Waals surface area contributed by atoms with Gasteiger partial charge < -0.3 is 37.0 Å². The molecule has 5 atom stereocenters. The number of amides is 3. The molecule has 0 radical (unpaired) electrons. The summed E-state index contributed by atoms with van der Waals surface area (Å²) in [5.41, 5.74) is 5.55. The minimum Gasteiger partial charge on any atom is -0.481 e. The van der Waals surface area contributed by atoms with Crippen molar-refractivity contribution in [3.05, 3.63) is 0 Å². The van der Waals surface area contributed by atoms with Crippen LogP contribution in [-0.4, -0.2) is 81.0 Å². The lowest BCUT2D eigenvalue weighted by Gasteiger charge is -2.25. The molecule has 0 rings (SSSR count). The van der Waals surface area contributed by atoms with Crippen molar-refractivity contribution < 1.29 is 39.3 Å². The molecule has 30 heavy (non-hydrogen) atoms. The molecule has 0 bridgehead atoms. The Hall–Kier alpha value is -2.38. The summed E-state index contributed by atoms with van der Waals surface area (Å²) in [7, 11) is 0. The minimum atomic E-state index is -1.59. The molecule has 0 saturated heterocycles. The molecule has 8 N–H and O–H groups in total. The molecular formula is C17H30N4O8S. The largest absolute Gasteiger partial charge is 0.481 e. The zero-order chi connectivity index (χ0) is 23.6. The van der Waals surface area contributed by atoms with Crippen LogP contribution in [0.4, 0.5) is 0 Å². The van der Waals surface area contributed by atoms with Crippen LogP contribution in [0.25, 0.3) is 0 Å². The number of carboxylic acids is 2. The van der Waals surface area contributed by atoms with Crippen molar-refractivity contribution >= 4 is 42.3 Å². The lowest BCUT2D eigenvalue weighted by Crippen LogP contribution is -2.58. The van der Waals surface area contributed by atoms with E-state index in [0.29, 0.717) is 0 Å². The summed E-state index contributed by atoms with van der Waals surface area (Å²) in [4.78, 5) is 59.3.